The molecule has 0 fully saturated rings. The number of benzene rings is 2. The Morgan fingerprint density at radius 3 is 2.75 bits per heavy atom. The highest BCUT2D eigenvalue weighted by Crippen LogP contribution is 2.27. The number of anilines is 1. The van der Waals surface area contributed by atoms with E-state index in [4.69, 9.17) is 0 Å². The Labute approximate surface area is 174 Å². The molecule has 1 aliphatic heterocycles. The summed E-state index contributed by atoms with van der Waals surface area (Å²) in [7, 11) is 0. The second-order valence-electron chi connectivity index (χ2n) is 6.68. The van der Waals surface area contributed by atoms with E-state index in [2.05, 4.69) is 20.1 Å². The summed E-state index contributed by atoms with van der Waals surface area (Å²) in [5, 5.41) is 11.1. The minimum Gasteiger partial charge on any atom is -0.319 e. The lowest BCUT2D eigenvalue weighted by Crippen LogP contribution is -2.15. The van der Waals surface area contributed by atoms with Crippen LogP contribution >= 0.6 is 22.6 Å². The first-order valence-corrected chi connectivity index (χ1v) is 10.1. The number of fused-ring (bicyclic) bond motifs is 1. The van der Waals surface area contributed by atoms with Gasteiger partial charge in [-0.3, -0.25) is 4.79 Å². The van der Waals surface area contributed by atoms with Crippen molar-refractivity contribution in [1.29, 1.82) is 0 Å². The van der Waals surface area contributed by atoms with Crippen molar-refractivity contribution in [2.45, 2.75) is 32.2 Å². The topological polar surface area (TPSA) is 59.8 Å². The summed E-state index contributed by atoms with van der Waals surface area (Å²) < 4.78 is 30.1. The number of rotatable bonds is 3. The minimum atomic E-state index is -0.551. The van der Waals surface area contributed by atoms with Crippen LogP contribution in [0.25, 0.3) is 11.4 Å². The quantitative estimate of drug-likeness (QED) is 0.532. The molecule has 3 aromatic rings. The third-order valence-electron chi connectivity index (χ3n) is 4.76. The number of aromatic nitrogens is 3. The van der Waals surface area contributed by atoms with E-state index in [0.29, 0.717) is 15.0 Å². The molecule has 2 aromatic carbocycles. The second-order valence-corrected chi connectivity index (χ2v) is 7.84. The molecule has 0 atom stereocenters. The molecule has 144 valence electrons. The Kier molecular flexibility index (Phi) is 5.38. The number of hydrogen-bond acceptors (Lipinski definition) is 3. The van der Waals surface area contributed by atoms with Crippen molar-refractivity contribution in [3.63, 3.8) is 0 Å². The number of nitrogens with zero attached hydrogens (tertiary/aromatic N) is 3. The van der Waals surface area contributed by atoms with Crippen LogP contribution in [0.4, 0.5) is 14.5 Å². The van der Waals surface area contributed by atoms with Crippen LogP contribution in [-0.4, -0.2) is 20.7 Å². The summed E-state index contributed by atoms with van der Waals surface area (Å²) >= 11 is 1.88. The molecule has 0 aliphatic carbocycles. The predicted octanol–water partition coefficient (Wildman–Crippen LogP) is 4.81. The lowest BCUT2D eigenvalue weighted by atomic mass is 10.1. The maximum Gasteiger partial charge on any atom is 0.256 e. The number of halogens is 3. The van der Waals surface area contributed by atoms with Crippen molar-refractivity contribution in [2.75, 3.05) is 5.32 Å². The van der Waals surface area contributed by atoms with Crippen LogP contribution < -0.4 is 5.32 Å². The highest BCUT2D eigenvalue weighted by Gasteiger charge is 2.18. The van der Waals surface area contributed by atoms with Crippen LogP contribution in [0.5, 0.6) is 0 Å². The highest BCUT2D eigenvalue weighted by atomic mass is 127. The first kappa shape index (κ1) is 19.0. The zero-order valence-corrected chi connectivity index (χ0v) is 17.0. The predicted molar refractivity (Wildman–Crippen MR) is 110 cm³/mol. The molecule has 0 radical (unpaired) electrons. The molecule has 1 aromatic heterocycles. The standard InChI is InChI=1S/C20H17F2IN4O/c21-13-6-7-14(16(23)11-13)20(28)24-17-10-12(5-8-15(17)22)19-26-25-18-4-2-1-3-9-27(18)19/h5-8,10-11H,1-4,9H2,(H,24,28). The molecule has 0 saturated carbocycles. The van der Waals surface area contributed by atoms with Gasteiger partial charge in [-0.2, -0.15) is 0 Å². The summed E-state index contributed by atoms with van der Waals surface area (Å²) in [6.45, 7) is 0.824. The smallest absolute Gasteiger partial charge is 0.256 e. The van der Waals surface area contributed by atoms with Crippen molar-refractivity contribution in [3.8, 4) is 11.4 Å². The van der Waals surface area contributed by atoms with Gasteiger partial charge in [0.1, 0.15) is 17.5 Å². The van der Waals surface area contributed by atoms with E-state index < -0.39 is 17.5 Å². The fraction of sp³-hybridized carbons (Fsp3) is 0.250. The Bertz CT molecular complexity index is 1050. The normalized spacial score (nSPS) is 13.7. The minimum absolute atomic E-state index is 0.0496. The van der Waals surface area contributed by atoms with Gasteiger partial charge in [0.2, 0.25) is 0 Å². The highest BCUT2D eigenvalue weighted by molar-refractivity contribution is 14.1. The number of carbonyl (C=O) groups is 1. The fourth-order valence-electron chi connectivity index (χ4n) is 3.32. The van der Waals surface area contributed by atoms with Crippen LogP contribution in [-0.2, 0) is 13.0 Å². The molecule has 0 spiro atoms. The number of hydrogen-bond donors (Lipinski definition) is 1. The van der Waals surface area contributed by atoms with Crippen LogP contribution in [0.3, 0.4) is 0 Å². The van der Waals surface area contributed by atoms with Gasteiger partial charge in [0.25, 0.3) is 5.91 Å². The first-order chi connectivity index (χ1) is 13.5. The molecular weight excluding hydrogens is 477 g/mol. The SMILES string of the molecule is O=C(Nc1cc(-c2nnc3n2CCCCC3)ccc1F)c1ccc(F)cc1I. The van der Waals surface area contributed by atoms with E-state index in [1.165, 1.54) is 24.3 Å². The van der Waals surface area contributed by atoms with Crippen LogP contribution in [0.2, 0.25) is 0 Å². The first-order valence-electron chi connectivity index (χ1n) is 9.01. The van der Waals surface area contributed by atoms with Crippen molar-refractivity contribution in [1.82, 2.24) is 14.8 Å². The van der Waals surface area contributed by atoms with Gasteiger partial charge < -0.3 is 9.88 Å². The molecule has 0 unspecified atom stereocenters. The fourth-order valence-corrected chi connectivity index (χ4v) is 4.04. The van der Waals surface area contributed by atoms with E-state index in [9.17, 15) is 13.6 Å². The summed E-state index contributed by atoms with van der Waals surface area (Å²) in [6.07, 6.45) is 4.15. The molecule has 5 nitrogen and oxygen atoms in total. The molecule has 4 rings (SSSR count). The Hall–Kier alpha value is -2.36. The summed E-state index contributed by atoms with van der Waals surface area (Å²) in [5.74, 6) is 0.124. The third kappa shape index (κ3) is 3.78. The van der Waals surface area contributed by atoms with Crippen molar-refractivity contribution in [2.24, 2.45) is 0 Å². The van der Waals surface area contributed by atoms with Crippen LogP contribution in [0.15, 0.2) is 36.4 Å². The van der Waals surface area contributed by atoms with E-state index in [0.717, 1.165) is 38.1 Å². The van der Waals surface area contributed by atoms with E-state index in [1.54, 1.807) is 12.1 Å². The molecule has 1 N–H and O–H groups in total. The zero-order valence-electron chi connectivity index (χ0n) is 14.9. The van der Waals surface area contributed by atoms with Gasteiger partial charge in [0.15, 0.2) is 5.82 Å². The number of carbonyl (C=O) groups excluding carboxylic acids is 1. The van der Waals surface area contributed by atoms with Gasteiger partial charge in [-0.15, -0.1) is 10.2 Å². The van der Waals surface area contributed by atoms with Crippen molar-refractivity contribution < 1.29 is 13.6 Å². The maximum absolute atomic E-state index is 14.3. The summed E-state index contributed by atoms with van der Waals surface area (Å²) in [4.78, 5) is 12.5. The van der Waals surface area contributed by atoms with E-state index >= 15 is 0 Å². The van der Waals surface area contributed by atoms with Gasteiger partial charge >= 0.3 is 0 Å². The van der Waals surface area contributed by atoms with Gasteiger partial charge in [-0.1, -0.05) is 6.42 Å². The van der Waals surface area contributed by atoms with E-state index in [-0.39, 0.29) is 11.3 Å². The summed E-state index contributed by atoms with van der Waals surface area (Å²) in [6, 6.07) is 8.34. The Balaban J connectivity index is 1.65. The number of nitrogens with one attached hydrogen (secondary N) is 1. The molecule has 2 heterocycles. The lowest BCUT2D eigenvalue weighted by Gasteiger charge is -2.11. The summed E-state index contributed by atoms with van der Waals surface area (Å²) in [5.41, 5.74) is 1.02. The number of amides is 1. The molecule has 0 bridgehead atoms. The van der Waals surface area contributed by atoms with Crippen LogP contribution in [0.1, 0.15) is 35.4 Å². The zero-order chi connectivity index (χ0) is 19.7. The van der Waals surface area contributed by atoms with Crippen LogP contribution in [0, 0.1) is 15.2 Å². The van der Waals surface area contributed by atoms with Gasteiger partial charge in [0.05, 0.1) is 11.3 Å². The molecular formula is C20H17F2IN4O. The Morgan fingerprint density at radius 1 is 1.07 bits per heavy atom. The van der Waals surface area contributed by atoms with Crippen molar-refractivity contribution in [3.05, 3.63) is 63.0 Å². The van der Waals surface area contributed by atoms with Gasteiger partial charge in [0, 0.05) is 22.1 Å². The molecule has 8 heteroatoms. The Morgan fingerprint density at radius 2 is 1.93 bits per heavy atom. The largest absolute Gasteiger partial charge is 0.319 e. The average molecular weight is 494 g/mol. The molecule has 0 saturated heterocycles. The third-order valence-corrected chi connectivity index (χ3v) is 5.65. The molecule has 28 heavy (non-hydrogen) atoms. The number of aryl methyl sites for hydroxylation is 1. The lowest BCUT2D eigenvalue weighted by molar-refractivity contribution is 0.102. The second kappa shape index (κ2) is 7.94. The van der Waals surface area contributed by atoms with Gasteiger partial charge in [-0.25, -0.2) is 8.78 Å². The maximum atomic E-state index is 14.3. The van der Waals surface area contributed by atoms with Gasteiger partial charge in [-0.05, 0) is 71.8 Å². The average Bonchev–Trinajstić information content (AvgIpc) is 2.91. The monoisotopic (exact) mass is 494 g/mol. The van der Waals surface area contributed by atoms with E-state index in [1.807, 2.05) is 22.6 Å². The molecule has 1 amide bonds. The van der Waals surface area contributed by atoms with Crippen molar-refractivity contribution >= 4 is 34.2 Å². The molecule has 1 aliphatic rings.